The summed E-state index contributed by atoms with van der Waals surface area (Å²) in [5.41, 5.74) is 3.06. The van der Waals surface area contributed by atoms with Gasteiger partial charge in [-0.25, -0.2) is 4.79 Å². The van der Waals surface area contributed by atoms with E-state index in [2.05, 4.69) is 19.2 Å². The zero-order chi connectivity index (χ0) is 21.2. The average Bonchev–Trinajstić information content (AvgIpc) is 2.63. The lowest BCUT2D eigenvalue weighted by atomic mass is 9.68. The van der Waals surface area contributed by atoms with Crippen LogP contribution in [0.4, 0.5) is 0 Å². The summed E-state index contributed by atoms with van der Waals surface area (Å²) in [6, 6.07) is 6.72. The predicted molar refractivity (Wildman–Crippen MR) is 109 cm³/mol. The molecule has 1 aromatic carbocycles. The molecule has 1 aliphatic heterocycles. The number of aromatic hydroxyl groups is 1. The van der Waals surface area contributed by atoms with Crippen molar-refractivity contribution in [1.82, 2.24) is 5.32 Å². The molecule has 156 valence electrons. The van der Waals surface area contributed by atoms with Crippen LogP contribution >= 0.6 is 0 Å². The molecule has 0 unspecified atom stereocenters. The molecule has 1 heterocycles. The fraction of sp³-hybridized carbons (Fsp3) is 0.478. The highest BCUT2D eigenvalue weighted by atomic mass is 16.6. The van der Waals surface area contributed by atoms with Crippen molar-refractivity contribution in [1.29, 1.82) is 0 Å². The van der Waals surface area contributed by atoms with E-state index >= 15 is 0 Å². The zero-order valence-corrected chi connectivity index (χ0v) is 17.5. The van der Waals surface area contributed by atoms with Gasteiger partial charge >= 0.3 is 5.97 Å². The second-order valence-corrected chi connectivity index (χ2v) is 8.36. The van der Waals surface area contributed by atoms with E-state index in [4.69, 9.17) is 9.47 Å². The maximum atomic E-state index is 13.1. The molecule has 0 bridgehead atoms. The number of phenols is 1. The van der Waals surface area contributed by atoms with Gasteiger partial charge in [-0.2, -0.15) is 0 Å². The Balaban J connectivity index is 2.03. The number of Topliss-reactive ketones (excluding diaryl/α,β-unsaturated/α-hetero) is 1. The summed E-state index contributed by atoms with van der Waals surface area (Å²) in [6.07, 6.45) is 1.13. The minimum Gasteiger partial charge on any atom is -0.508 e. The van der Waals surface area contributed by atoms with E-state index in [1.165, 1.54) is 0 Å². The van der Waals surface area contributed by atoms with Crippen molar-refractivity contribution in [2.45, 2.75) is 46.5 Å². The van der Waals surface area contributed by atoms with E-state index in [0.717, 1.165) is 5.70 Å². The Kier molecular flexibility index (Phi) is 6.13. The second kappa shape index (κ2) is 8.41. The van der Waals surface area contributed by atoms with Gasteiger partial charge in [0, 0.05) is 35.9 Å². The molecular weight excluding hydrogens is 370 g/mol. The summed E-state index contributed by atoms with van der Waals surface area (Å²) in [4.78, 5) is 26.1. The molecule has 2 aliphatic rings. The van der Waals surface area contributed by atoms with Crippen molar-refractivity contribution in [3.05, 3.63) is 52.4 Å². The van der Waals surface area contributed by atoms with Gasteiger partial charge in [-0.3, -0.25) is 4.79 Å². The van der Waals surface area contributed by atoms with E-state index in [-0.39, 0.29) is 23.6 Å². The lowest BCUT2D eigenvalue weighted by Crippen LogP contribution is -2.38. The molecule has 0 saturated carbocycles. The highest BCUT2D eigenvalue weighted by Gasteiger charge is 2.43. The fourth-order valence-corrected chi connectivity index (χ4v) is 4.16. The number of esters is 1. The fourth-order valence-electron chi connectivity index (χ4n) is 4.16. The molecule has 0 saturated heterocycles. The number of hydrogen-bond donors (Lipinski definition) is 2. The Labute approximate surface area is 171 Å². The van der Waals surface area contributed by atoms with Crippen LogP contribution in [0.25, 0.3) is 0 Å². The summed E-state index contributed by atoms with van der Waals surface area (Å²) in [6.45, 7) is 8.84. The Hall–Kier alpha value is -2.60. The molecule has 3 rings (SSSR count). The molecule has 1 aromatic rings. The first-order valence-electron chi connectivity index (χ1n) is 10.0. The van der Waals surface area contributed by atoms with E-state index in [1.54, 1.807) is 18.2 Å². The molecule has 6 nitrogen and oxygen atoms in total. The maximum absolute atomic E-state index is 13.1. The Morgan fingerprint density at radius 3 is 2.72 bits per heavy atom. The van der Waals surface area contributed by atoms with Crippen LogP contribution in [0.1, 0.15) is 52.0 Å². The number of hydrogen-bond acceptors (Lipinski definition) is 6. The van der Waals surface area contributed by atoms with E-state index in [9.17, 15) is 14.7 Å². The van der Waals surface area contributed by atoms with Gasteiger partial charge < -0.3 is 19.9 Å². The Morgan fingerprint density at radius 2 is 2.03 bits per heavy atom. The standard InChI is InChI=1S/C23H29NO5/c1-5-28-9-10-29-22(27)19-14(2)24-17-12-23(3,4)13-18(26)21(17)20(19)15-7-6-8-16(25)11-15/h6-8,11,20,24-25H,5,9-10,12-13H2,1-4H3/t20-/m0/s1. The van der Waals surface area contributed by atoms with Gasteiger partial charge in [0.05, 0.1) is 12.2 Å². The number of allylic oxidation sites excluding steroid dienone is 3. The number of phenolic OH excluding ortho intramolecular Hbond substituents is 1. The molecule has 0 radical (unpaired) electrons. The van der Waals surface area contributed by atoms with Crippen LogP contribution in [0, 0.1) is 5.41 Å². The third-order valence-corrected chi connectivity index (χ3v) is 5.33. The number of benzene rings is 1. The van der Waals surface area contributed by atoms with Gasteiger partial charge in [0.2, 0.25) is 0 Å². The minimum atomic E-state index is -0.568. The van der Waals surface area contributed by atoms with Gasteiger partial charge in [0.15, 0.2) is 5.78 Å². The third-order valence-electron chi connectivity index (χ3n) is 5.33. The predicted octanol–water partition coefficient (Wildman–Crippen LogP) is 3.58. The largest absolute Gasteiger partial charge is 0.508 e. The third kappa shape index (κ3) is 4.53. The van der Waals surface area contributed by atoms with Crippen LogP contribution in [-0.4, -0.2) is 36.7 Å². The average molecular weight is 399 g/mol. The van der Waals surface area contributed by atoms with Gasteiger partial charge in [0.1, 0.15) is 12.4 Å². The molecular formula is C23H29NO5. The van der Waals surface area contributed by atoms with Crippen LogP contribution in [0.2, 0.25) is 0 Å². The first-order valence-corrected chi connectivity index (χ1v) is 10.0. The highest BCUT2D eigenvalue weighted by Crippen LogP contribution is 2.47. The summed E-state index contributed by atoms with van der Waals surface area (Å²) >= 11 is 0. The minimum absolute atomic E-state index is 0.0178. The van der Waals surface area contributed by atoms with Crippen molar-refractivity contribution >= 4 is 11.8 Å². The molecule has 6 heteroatoms. The Morgan fingerprint density at radius 1 is 1.28 bits per heavy atom. The lowest BCUT2D eigenvalue weighted by molar-refractivity contribution is -0.140. The molecule has 0 aromatic heterocycles. The van der Waals surface area contributed by atoms with E-state index < -0.39 is 11.9 Å². The molecule has 2 N–H and O–H groups in total. The van der Waals surface area contributed by atoms with Crippen LogP contribution in [-0.2, 0) is 19.1 Å². The van der Waals surface area contributed by atoms with E-state index in [0.29, 0.717) is 48.5 Å². The SMILES string of the molecule is CCOCCOC(=O)C1=C(C)NC2=C(C(=O)CC(C)(C)C2)[C@H]1c1cccc(O)c1. The van der Waals surface area contributed by atoms with Crippen molar-refractivity contribution < 1.29 is 24.2 Å². The Bertz CT molecular complexity index is 881. The summed E-state index contributed by atoms with van der Waals surface area (Å²) in [7, 11) is 0. The van der Waals surface area contributed by atoms with Crippen LogP contribution in [0.3, 0.4) is 0 Å². The quantitative estimate of drug-likeness (QED) is 0.562. The molecule has 0 spiro atoms. The summed E-state index contributed by atoms with van der Waals surface area (Å²) in [5.74, 6) is -0.938. The van der Waals surface area contributed by atoms with Crippen molar-refractivity contribution in [2.24, 2.45) is 5.41 Å². The number of ketones is 1. The first-order chi connectivity index (χ1) is 13.7. The molecule has 29 heavy (non-hydrogen) atoms. The monoisotopic (exact) mass is 399 g/mol. The van der Waals surface area contributed by atoms with Crippen LogP contribution < -0.4 is 5.32 Å². The number of carbonyl (C=O) groups excluding carboxylic acids is 2. The van der Waals surface area contributed by atoms with Gasteiger partial charge in [0.25, 0.3) is 0 Å². The number of ether oxygens (including phenoxy) is 2. The first kappa shape index (κ1) is 21.1. The summed E-state index contributed by atoms with van der Waals surface area (Å²) in [5, 5.41) is 13.3. The summed E-state index contributed by atoms with van der Waals surface area (Å²) < 4.78 is 10.7. The lowest BCUT2D eigenvalue weighted by Gasteiger charge is -2.39. The van der Waals surface area contributed by atoms with Crippen molar-refractivity contribution in [3.8, 4) is 5.75 Å². The van der Waals surface area contributed by atoms with Crippen LogP contribution in [0.5, 0.6) is 5.75 Å². The highest BCUT2D eigenvalue weighted by molar-refractivity contribution is 6.04. The number of rotatable bonds is 6. The second-order valence-electron chi connectivity index (χ2n) is 8.36. The van der Waals surface area contributed by atoms with Crippen molar-refractivity contribution in [2.75, 3.05) is 19.8 Å². The zero-order valence-electron chi connectivity index (χ0n) is 17.5. The van der Waals surface area contributed by atoms with Gasteiger partial charge in [-0.1, -0.05) is 26.0 Å². The molecule has 1 atom stereocenters. The topological polar surface area (TPSA) is 84.9 Å². The molecule has 0 amide bonds. The molecule has 0 fully saturated rings. The van der Waals surface area contributed by atoms with E-state index in [1.807, 2.05) is 19.9 Å². The number of dihydropyridines is 1. The van der Waals surface area contributed by atoms with Crippen molar-refractivity contribution in [3.63, 3.8) is 0 Å². The molecule has 1 aliphatic carbocycles. The maximum Gasteiger partial charge on any atom is 0.336 e. The van der Waals surface area contributed by atoms with Gasteiger partial charge in [-0.05, 0) is 43.4 Å². The van der Waals surface area contributed by atoms with Gasteiger partial charge in [-0.15, -0.1) is 0 Å². The number of carbonyl (C=O) groups is 2. The number of nitrogens with one attached hydrogen (secondary N) is 1. The van der Waals surface area contributed by atoms with Crippen LogP contribution in [0.15, 0.2) is 46.8 Å². The normalized spacial score (nSPS) is 21.0. The smallest absolute Gasteiger partial charge is 0.336 e.